The fraction of sp³-hybridized carbons (Fsp3) is 0.360. The maximum Gasteiger partial charge on any atom is 0.443 e. The van der Waals surface area contributed by atoms with E-state index in [4.69, 9.17) is 4.74 Å². The molecule has 12 heteroatoms. The molecule has 1 aromatic carbocycles. The normalized spacial score (nSPS) is 17.3. The lowest BCUT2D eigenvalue weighted by atomic mass is 10.0. The number of ether oxygens (including phenoxy) is 1. The van der Waals surface area contributed by atoms with Gasteiger partial charge in [0, 0.05) is 43.3 Å². The van der Waals surface area contributed by atoms with Gasteiger partial charge in [0.1, 0.15) is 16.4 Å². The standard InChI is InChI=1S/C25H26F3N5OS.2ClH/c1-32-12-13-33(15-18(32)8-5-16-6-9-19(34-2)10-7-16)22-20-17(4-3-11-29-20)14-30-23-21(22)31-24(35-23)25(26,27)28;;/h3-4,6-7,9-11,14,18,30H,5,8,12-13,15H2,1-2H3;2*1H. The van der Waals surface area contributed by atoms with Gasteiger partial charge in [0.25, 0.3) is 0 Å². The van der Waals surface area contributed by atoms with Gasteiger partial charge in [-0.25, -0.2) is 4.98 Å². The van der Waals surface area contributed by atoms with Gasteiger partial charge in [-0.3, -0.25) is 9.88 Å². The predicted octanol–water partition coefficient (Wildman–Crippen LogP) is 3.98. The Morgan fingerprint density at radius 1 is 1.14 bits per heavy atom. The largest absolute Gasteiger partial charge is 0.497 e. The molecular formula is C25H28Cl2F3N5OS. The summed E-state index contributed by atoms with van der Waals surface area (Å²) in [6.07, 6.45) is 0.700. The lowest BCUT2D eigenvalue weighted by Crippen LogP contribution is -2.52. The van der Waals surface area contributed by atoms with Crippen LogP contribution in [0.15, 0.2) is 42.6 Å². The number of hydrogen-bond donors (Lipinski definition) is 1. The summed E-state index contributed by atoms with van der Waals surface area (Å²) in [6.45, 7) is 2.15. The number of aryl methyl sites for hydroxylation is 1. The number of nitrogens with zero attached hydrogens (tertiary/aromatic N) is 4. The third kappa shape index (κ3) is 6.14. The van der Waals surface area contributed by atoms with E-state index in [0.29, 0.717) is 46.2 Å². The molecule has 2 aliphatic heterocycles. The highest BCUT2D eigenvalue weighted by Gasteiger charge is 2.38. The quantitative estimate of drug-likeness (QED) is 0.498. The second-order valence-electron chi connectivity index (χ2n) is 8.74. The fourth-order valence-corrected chi connectivity index (χ4v) is 5.38. The first kappa shape index (κ1) is 29.0. The number of thiazole rings is 1. The minimum Gasteiger partial charge on any atom is -0.497 e. The molecule has 6 nitrogen and oxygen atoms in total. The van der Waals surface area contributed by atoms with Crippen molar-refractivity contribution < 1.29 is 17.9 Å². The second kappa shape index (κ2) is 11.9. The molecule has 1 N–H and O–H groups in total. The lowest BCUT2D eigenvalue weighted by molar-refractivity contribution is -0.137. The highest BCUT2D eigenvalue weighted by molar-refractivity contribution is 7.16. The molecule has 5 rings (SSSR count). The molecule has 1 atom stereocenters. The molecule has 200 valence electrons. The molecule has 4 heterocycles. The molecule has 0 saturated carbocycles. The fourth-order valence-electron chi connectivity index (χ4n) is 4.57. The van der Waals surface area contributed by atoms with E-state index >= 15 is 0 Å². The van der Waals surface area contributed by atoms with E-state index in [1.165, 1.54) is 5.56 Å². The molecule has 37 heavy (non-hydrogen) atoms. The van der Waals surface area contributed by atoms with Crippen LogP contribution in [-0.4, -0.2) is 59.6 Å². The number of rotatable bonds is 5. The Labute approximate surface area is 229 Å². The highest BCUT2D eigenvalue weighted by Crippen LogP contribution is 2.40. The molecule has 0 spiro atoms. The first-order chi connectivity index (χ1) is 16.8. The number of alkyl halides is 3. The number of likely N-dealkylation sites (N-methyl/N-ethyl adjacent to an activating group) is 1. The Morgan fingerprint density at radius 2 is 1.89 bits per heavy atom. The molecular weight excluding hydrogens is 546 g/mol. The smallest absolute Gasteiger partial charge is 0.443 e. The molecule has 0 radical (unpaired) electrons. The average Bonchev–Trinajstić information content (AvgIpc) is 3.22. The summed E-state index contributed by atoms with van der Waals surface area (Å²) in [5.41, 5.74) is 2.20. The van der Waals surface area contributed by atoms with Gasteiger partial charge in [0.05, 0.1) is 18.2 Å². The minimum absolute atomic E-state index is 0. The van der Waals surface area contributed by atoms with Crippen LogP contribution in [0.25, 0.3) is 11.9 Å². The SMILES string of the molecule is COc1ccc(CCC2CN(C3=c4ncccc4=CNc4sc(C(F)(F)F)nc43)CCN2C)cc1.Cl.Cl. The second-order valence-corrected chi connectivity index (χ2v) is 9.74. The number of methoxy groups -OCH3 is 1. The number of halogens is 5. The minimum atomic E-state index is -4.50. The van der Waals surface area contributed by atoms with Crippen molar-refractivity contribution in [2.75, 3.05) is 39.1 Å². The van der Waals surface area contributed by atoms with E-state index in [9.17, 15) is 13.2 Å². The third-order valence-corrected chi connectivity index (χ3v) is 7.57. The Balaban J connectivity index is 0.00000190. The molecule has 0 bridgehead atoms. The van der Waals surface area contributed by atoms with Crippen molar-refractivity contribution in [1.82, 2.24) is 19.8 Å². The zero-order valence-corrected chi connectivity index (χ0v) is 22.7. The number of benzene rings is 1. The van der Waals surface area contributed by atoms with E-state index in [-0.39, 0.29) is 30.9 Å². The number of aromatic nitrogens is 2. The summed E-state index contributed by atoms with van der Waals surface area (Å²) in [7, 11) is 3.75. The van der Waals surface area contributed by atoms with Crippen LogP contribution in [0.3, 0.4) is 0 Å². The van der Waals surface area contributed by atoms with Gasteiger partial charge >= 0.3 is 6.18 Å². The zero-order valence-electron chi connectivity index (χ0n) is 20.3. The van der Waals surface area contributed by atoms with Crippen molar-refractivity contribution in [2.45, 2.75) is 25.1 Å². The van der Waals surface area contributed by atoms with E-state index in [2.05, 4.69) is 44.3 Å². The van der Waals surface area contributed by atoms with Gasteiger partial charge in [-0.1, -0.05) is 23.5 Å². The number of nitrogens with one attached hydrogen (secondary N) is 1. The zero-order chi connectivity index (χ0) is 24.6. The highest BCUT2D eigenvalue weighted by atomic mass is 35.5. The summed E-state index contributed by atoms with van der Waals surface area (Å²) in [6, 6.07) is 12.0. The first-order valence-corrected chi connectivity index (χ1v) is 12.2. The van der Waals surface area contributed by atoms with Crippen LogP contribution < -0.4 is 20.6 Å². The van der Waals surface area contributed by atoms with E-state index < -0.39 is 11.2 Å². The van der Waals surface area contributed by atoms with Crippen molar-refractivity contribution in [2.24, 2.45) is 0 Å². The molecule has 2 aliphatic rings. The molecule has 1 saturated heterocycles. The van der Waals surface area contributed by atoms with Gasteiger partial charge in [0.2, 0.25) is 5.01 Å². The van der Waals surface area contributed by atoms with Crippen LogP contribution in [0.1, 0.15) is 22.7 Å². The number of piperazine rings is 1. The Kier molecular flexibility index (Phi) is 9.33. The summed E-state index contributed by atoms with van der Waals surface area (Å²) < 4.78 is 45.8. The summed E-state index contributed by atoms with van der Waals surface area (Å²) in [5.74, 6) is 0.827. The molecule has 3 aromatic rings. The van der Waals surface area contributed by atoms with Crippen molar-refractivity contribution in [3.63, 3.8) is 0 Å². The first-order valence-electron chi connectivity index (χ1n) is 11.4. The molecule has 1 fully saturated rings. The Bertz CT molecular complexity index is 1330. The van der Waals surface area contributed by atoms with Crippen LogP contribution in [0, 0.1) is 0 Å². The van der Waals surface area contributed by atoms with Crippen LogP contribution >= 0.6 is 36.2 Å². The van der Waals surface area contributed by atoms with Crippen molar-refractivity contribution in [3.8, 4) is 5.75 Å². The van der Waals surface area contributed by atoms with Crippen LogP contribution in [-0.2, 0) is 12.6 Å². The third-order valence-electron chi connectivity index (χ3n) is 6.53. The van der Waals surface area contributed by atoms with Gasteiger partial charge in [0.15, 0.2) is 0 Å². The van der Waals surface area contributed by atoms with Crippen molar-refractivity contribution in [3.05, 3.63) is 69.4 Å². The van der Waals surface area contributed by atoms with Gasteiger partial charge in [-0.15, -0.1) is 24.8 Å². The van der Waals surface area contributed by atoms with Gasteiger partial charge < -0.3 is 15.0 Å². The lowest BCUT2D eigenvalue weighted by Gasteiger charge is -2.41. The van der Waals surface area contributed by atoms with Crippen molar-refractivity contribution >= 4 is 53.0 Å². The number of fused-ring (bicyclic) bond motifs is 2. The number of anilines is 1. The summed E-state index contributed by atoms with van der Waals surface area (Å²) >= 11 is 0.631. The maximum atomic E-state index is 13.5. The number of hydrogen-bond acceptors (Lipinski definition) is 7. The average molecular weight is 575 g/mol. The molecule has 0 aliphatic carbocycles. The monoisotopic (exact) mass is 573 g/mol. The van der Waals surface area contributed by atoms with Gasteiger partial charge in [-0.05, 0) is 49.7 Å². The molecule has 2 aromatic heterocycles. The van der Waals surface area contributed by atoms with Gasteiger partial charge in [-0.2, -0.15) is 13.2 Å². The topological polar surface area (TPSA) is 53.5 Å². The maximum absolute atomic E-state index is 13.5. The molecule has 1 unspecified atom stereocenters. The molecule has 0 amide bonds. The van der Waals surface area contributed by atoms with Crippen LogP contribution in [0.4, 0.5) is 18.2 Å². The Morgan fingerprint density at radius 3 is 2.59 bits per heavy atom. The Hall–Kier alpha value is -2.53. The van der Waals surface area contributed by atoms with E-state index in [1.807, 2.05) is 24.3 Å². The summed E-state index contributed by atoms with van der Waals surface area (Å²) in [5, 5.41) is 4.05. The summed E-state index contributed by atoms with van der Waals surface area (Å²) in [4.78, 5) is 13.1. The van der Waals surface area contributed by atoms with E-state index in [1.54, 1.807) is 19.5 Å². The van der Waals surface area contributed by atoms with Crippen LogP contribution in [0.2, 0.25) is 0 Å². The predicted molar refractivity (Wildman–Crippen MR) is 145 cm³/mol. The van der Waals surface area contributed by atoms with Crippen molar-refractivity contribution in [1.29, 1.82) is 0 Å². The van der Waals surface area contributed by atoms with Crippen LogP contribution in [0.5, 0.6) is 5.75 Å². The van der Waals surface area contributed by atoms with E-state index in [0.717, 1.165) is 30.4 Å². The number of pyridine rings is 1.